The van der Waals surface area contributed by atoms with Gasteiger partial charge in [0.2, 0.25) is 0 Å². The van der Waals surface area contributed by atoms with E-state index in [1.54, 1.807) is 0 Å². The van der Waals surface area contributed by atoms with E-state index in [1.807, 2.05) is 0 Å². The van der Waals surface area contributed by atoms with Gasteiger partial charge in [-0.2, -0.15) is 0 Å². The van der Waals surface area contributed by atoms with Crippen LogP contribution >= 0.6 is 0 Å². The molecule has 0 unspecified atom stereocenters. The van der Waals surface area contributed by atoms with E-state index in [1.165, 1.54) is 70.6 Å². The van der Waals surface area contributed by atoms with Crippen molar-refractivity contribution >= 4 is 17.7 Å². The van der Waals surface area contributed by atoms with Gasteiger partial charge in [0.15, 0.2) is 5.78 Å². The lowest BCUT2D eigenvalue weighted by molar-refractivity contribution is -0.137. The number of hydrogen-bond acceptors (Lipinski definition) is 3. The average molecular weight is 383 g/mol. The Morgan fingerprint density at radius 1 is 0.630 bits per heavy atom. The molecule has 0 bridgehead atoms. The summed E-state index contributed by atoms with van der Waals surface area (Å²) in [6, 6.07) is 0. The van der Waals surface area contributed by atoms with E-state index in [0.29, 0.717) is 12.5 Å². The first-order valence-electron chi connectivity index (χ1n) is 10.7. The highest BCUT2D eigenvalue weighted by atomic mass is 16.4. The number of hydrogen-bond donors (Lipinski definition) is 2. The third kappa shape index (κ3) is 16.3. The summed E-state index contributed by atoms with van der Waals surface area (Å²) in [7, 11) is 0. The Kier molecular flexibility index (Phi) is 16.7. The zero-order chi connectivity index (χ0) is 20.3. The second-order valence-corrected chi connectivity index (χ2v) is 7.32. The SMILES string of the molecule is CCCCCCCCCCCCCCCCCC(=O)C(=CC(=O)O)C(=O)O. The first-order valence-corrected chi connectivity index (χ1v) is 10.7. The fourth-order valence-corrected chi connectivity index (χ4v) is 3.18. The van der Waals surface area contributed by atoms with Crippen molar-refractivity contribution < 1.29 is 24.6 Å². The highest BCUT2D eigenvalue weighted by Gasteiger charge is 2.18. The van der Waals surface area contributed by atoms with Crippen molar-refractivity contribution in [3.63, 3.8) is 0 Å². The van der Waals surface area contributed by atoms with Crippen molar-refractivity contribution in [2.45, 2.75) is 110 Å². The molecule has 0 spiro atoms. The van der Waals surface area contributed by atoms with E-state index in [2.05, 4.69) is 6.92 Å². The monoisotopic (exact) mass is 382 g/mol. The minimum atomic E-state index is -1.47. The van der Waals surface area contributed by atoms with E-state index in [-0.39, 0.29) is 6.42 Å². The van der Waals surface area contributed by atoms with Crippen molar-refractivity contribution in [1.82, 2.24) is 0 Å². The van der Waals surface area contributed by atoms with Crippen LogP contribution in [0.2, 0.25) is 0 Å². The summed E-state index contributed by atoms with van der Waals surface area (Å²) < 4.78 is 0. The maximum Gasteiger partial charge on any atom is 0.339 e. The molecule has 27 heavy (non-hydrogen) atoms. The standard InChI is InChI=1S/C22H38O5/c1-2-3-4-5-6-7-8-9-10-11-12-13-14-15-16-17-20(23)19(22(26)27)18-21(24)25/h18H,2-17H2,1H3,(H,24,25)(H,26,27). The van der Waals surface area contributed by atoms with Gasteiger partial charge >= 0.3 is 11.9 Å². The summed E-state index contributed by atoms with van der Waals surface area (Å²) in [5.74, 6) is -3.47. The van der Waals surface area contributed by atoms with Gasteiger partial charge in [-0.05, 0) is 6.42 Å². The zero-order valence-corrected chi connectivity index (χ0v) is 17.0. The molecule has 5 nitrogen and oxygen atoms in total. The Hall–Kier alpha value is -1.65. The van der Waals surface area contributed by atoms with Crippen LogP contribution in [0.15, 0.2) is 11.6 Å². The molecule has 0 aliphatic rings. The molecule has 0 aliphatic carbocycles. The fourth-order valence-electron chi connectivity index (χ4n) is 3.18. The third-order valence-corrected chi connectivity index (χ3v) is 4.81. The van der Waals surface area contributed by atoms with Gasteiger partial charge in [0.05, 0.1) is 0 Å². The Bertz CT molecular complexity index is 454. The minimum Gasteiger partial charge on any atom is -0.478 e. The van der Waals surface area contributed by atoms with Crippen molar-refractivity contribution in [3.05, 3.63) is 11.6 Å². The Balaban J connectivity index is 3.48. The maximum atomic E-state index is 11.7. The molecule has 0 aromatic heterocycles. The molecule has 0 fully saturated rings. The number of rotatable bonds is 19. The molecule has 0 aromatic carbocycles. The molecule has 0 atom stereocenters. The normalized spacial score (nSPS) is 11.5. The van der Waals surface area contributed by atoms with E-state index in [4.69, 9.17) is 10.2 Å². The van der Waals surface area contributed by atoms with E-state index >= 15 is 0 Å². The quantitative estimate of drug-likeness (QED) is 0.125. The van der Waals surface area contributed by atoms with Crippen LogP contribution in [0.3, 0.4) is 0 Å². The molecule has 0 saturated carbocycles. The van der Waals surface area contributed by atoms with Crippen LogP contribution in [0.5, 0.6) is 0 Å². The molecule has 0 radical (unpaired) electrons. The van der Waals surface area contributed by atoms with Gasteiger partial charge in [-0.25, -0.2) is 9.59 Å². The summed E-state index contributed by atoms with van der Waals surface area (Å²) in [5, 5.41) is 17.5. The summed E-state index contributed by atoms with van der Waals surface area (Å²) >= 11 is 0. The minimum absolute atomic E-state index is 0.101. The molecule has 5 heteroatoms. The maximum absolute atomic E-state index is 11.7. The van der Waals surface area contributed by atoms with Crippen LogP contribution < -0.4 is 0 Å². The number of Topliss-reactive ketones (excluding diaryl/α,β-unsaturated/α-hetero) is 1. The van der Waals surface area contributed by atoms with Gasteiger partial charge in [-0.1, -0.05) is 96.8 Å². The first kappa shape index (κ1) is 25.4. The lowest BCUT2D eigenvalue weighted by atomic mass is 10.0. The van der Waals surface area contributed by atoms with E-state index < -0.39 is 23.3 Å². The summed E-state index contributed by atoms with van der Waals surface area (Å²) in [5.41, 5.74) is -0.632. The number of unbranched alkanes of at least 4 members (excludes halogenated alkanes) is 14. The number of aliphatic carboxylic acids is 2. The second-order valence-electron chi connectivity index (χ2n) is 7.32. The highest BCUT2D eigenvalue weighted by molar-refractivity contribution is 6.19. The topological polar surface area (TPSA) is 91.7 Å². The van der Waals surface area contributed by atoms with Crippen LogP contribution in [0.1, 0.15) is 110 Å². The zero-order valence-electron chi connectivity index (χ0n) is 17.0. The Labute approximate surface area is 164 Å². The van der Waals surface area contributed by atoms with Crippen molar-refractivity contribution in [3.8, 4) is 0 Å². The molecule has 0 heterocycles. The lowest BCUT2D eigenvalue weighted by Crippen LogP contribution is -2.14. The summed E-state index contributed by atoms with van der Waals surface area (Å²) in [6.07, 6.45) is 18.9. The van der Waals surface area contributed by atoms with Crippen LogP contribution in [0.4, 0.5) is 0 Å². The largest absolute Gasteiger partial charge is 0.478 e. The number of ketones is 1. The van der Waals surface area contributed by atoms with Gasteiger partial charge in [-0.3, -0.25) is 4.79 Å². The molecule has 156 valence electrons. The summed E-state index contributed by atoms with van der Waals surface area (Å²) in [6.45, 7) is 2.24. The average Bonchev–Trinajstić information content (AvgIpc) is 2.62. The third-order valence-electron chi connectivity index (χ3n) is 4.81. The number of carbonyl (C=O) groups is 3. The molecule has 0 saturated heterocycles. The number of carboxylic acid groups (broad SMARTS) is 2. The van der Waals surface area contributed by atoms with Gasteiger partial charge in [0, 0.05) is 12.5 Å². The Morgan fingerprint density at radius 3 is 1.33 bits per heavy atom. The van der Waals surface area contributed by atoms with Gasteiger partial charge in [0.1, 0.15) is 5.57 Å². The van der Waals surface area contributed by atoms with Gasteiger partial charge in [0.25, 0.3) is 0 Å². The summed E-state index contributed by atoms with van der Waals surface area (Å²) in [4.78, 5) is 33.2. The first-order chi connectivity index (χ1) is 13.0. The molecule has 0 aromatic rings. The molecular weight excluding hydrogens is 344 g/mol. The smallest absolute Gasteiger partial charge is 0.339 e. The predicted octanol–water partition coefficient (Wildman–Crippen LogP) is 5.91. The van der Waals surface area contributed by atoms with E-state index in [9.17, 15) is 14.4 Å². The molecular formula is C22H38O5. The van der Waals surface area contributed by atoms with Crippen LogP contribution in [-0.4, -0.2) is 27.9 Å². The second kappa shape index (κ2) is 17.7. The molecule has 0 rings (SSSR count). The highest BCUT2D eigenvalue weighted by Crippen LogP contribution is 2.14. The number of carboxylic acids is 2. The predicted molar refractivity (Wildman–Crippen MR) is 108 cm³/mol. The van der Waals surface area contributed by atoms with Crippen LogP contribution in [0.25, 0.3) is 0 Å². The van der Waals surface area contributed by atoms with Crippen LogP contribution in [0, 0.1) is 0 Å². The van der Waals surface area contributed by atoms with E-state index in [0.717, 1.165) is 19.3 Å². The van der Waals surface area contributed by atoms with Crippen molar-refractivity contribution in [2.75, 3.05) is 0 Å². The molecule has 2 N–H and O–H groups in total. The van der Waals surface area contributed by atoms with Crippen molar-refractivity contribution in [2.24, 2.45) is 0 Å². The molecule has 0 amide bonds. The van der Waals surface area contributed by atoms with Crippen molar-refractivity contribution in [1.29, 1.82) is 0 Å². The van der Waals surface area contributed by atoms with Crippen LogP contribution in [-0.2, 0) is 14.4 Å². The van der Waals surface area contributed by atoms with Gasteiger partial charge in [-0.15, -0.1) is 0 Å². The number of carbonyl (C=O) groups excluding carboxylic acids is 1. The van der Waals surface area contributed by atoms with Gasteiger partial charge < -0.3 is 10.2 Å². The fraction of sp³-hybridized carbons (Fsp3) is 0.773. The lowest BCUT2D eigenvalue weighted by Gasteiger charge is -2.04. The molecule has 0 aliphatic heterocycles. The Morgan fingerprint density at radius 2 is 1.00 bits per heavy atom.